The molecule has 1 nitrogen and oxygen atoms in total. The van der Waals surface area contributed by atoms with E-state index in [1.54, 1.807) is 6.08 Å². The molecule has 0 N–H and O–H groups in total. The molecule has 0 spiro atoms. The van der Waals surface area contributed by atoms with E-state index in [9.17, 15) is 0 Å². The van der Waals surface area contributed by atoms with Crippen LogP contribution in [0.4, 0.5) is 0 Å². The summed E-state index contributed by atoms with van der Waals surface area (Å²) in [6.07, 6.45) is 7.99. The van der Waals surface area contributed by atoms with E-state index in [-0.39, 0.29) is 0 Å². The number of rotatable bonds is 4. The molecule has 0 aromatic heterocycles. The quantitative estimate of drug-likeness (QED) is 0.460. The zero-order valence-corrected chi connectivity index (χ0v) is 8.17. The minimum absolute atomic E-state index is 0.514. The Hall–Kier alpha value is -1.03. The van der Waals surface area contributed by atoms with Gasteiger partial charge in [0.15, 0.2) is 0 Å². The lowest BCUT2D eigenvalue weighted by molar-refractivity contribution is 0.656. The van der Waals surface area contributed by atoms with Crippen molar-refractivity contribution in [2.24, 2.45) is 5.92 Å². The molecule has 0 radical (unpaired) electrons. The molecule has 0 aromatic rings. The van der Waals surface area contributed by atoms with Crippen LogP contribution in [0.25, 0.3) is 0 Å². The van der Waals surface area contributed by atoms with Crippen molar-refractivity contribution in [3.05, 3.63) is 23.8 Å². The molecule has 12 heavy (non-hydrogen) atoms. The SMILES string of the molecule is CC(C)=CCCC(C)/C=C\C#N. The molecule has 1 heteroatoms. The van der Waals surface area contributed by atoms with Gasteiger partial charge in [-0.1, -0.05) is 24.6 Å². The van der Waals surface area contributed by atoms with Crippen LogP contribution in [0, 0.1) is 17.2 Å². The molecule has 0 heterocycles. The van der Waals surface area contributed by atoms with E-state index in [0.717, 1.165) is 12.8 Å². The fourth-order valence-electron chi connectivity index (χ4n) is 0.938. The minimum Gasteiger partial charge on any atom is -0.193 e. The highest BCUT2D eigenvalue weighted by molar-refractivity contribution is 5.03. The standard InChI is InChI=1S/C11H17N/c1-10(2)6-4-7-11(3)8-5-9-12/h5-6,8,11H,4,7H2,1-3H3/b8-5-. The summed E-state index contributed by atoms with van der Waals surface area (Å²) in [5.41, 5.74) is 1.37. The van der Waals surface area contributed by atoms with Gasteiger partial charge in [0.05, 0.1) is 6.07 Å². The van der Waals surface area contributed by atoms with Crippen LogP contribution in [0.3, 0.4) is 0 Å². The molecule has 0 saturated carbocycles. The normalized spacial score (nSPS) is 12.5. The number of nitrogens with zero attached hydrogens (tertiary/aromatic N) is 1. The van der Waals surface area contributed by atoms with E-state index in [1.165, 1.54) is 5.57 Å². The summed E-state index contributed by atoms with van der Waals surface area (Å²) in [6.45, 7) is 6.35. The summed E-state index contributed by atoms with van der Waals surface area (Å²) in [4.78, 5) is 0. The average Bonchev–Trinajstić information content (AvgIpc) is 2.00. The average molecular weight is 163 g/mol. The highest BCUT2D eigenvalue weighted by Gasteiger charge is 1.93. The first-order valence-electron chi connectivity index (χ1n) is 4.36. The van der Waals surface area contributed by atoms with Crippen LogP contribution in [0.2, 0.25) is 0 Å². The molecule has 0 aromatic carbocycles. The lowest BCUT2D eigenvalue weighted by atomic mass is 10.0. The number of nitriles is 1. The lowest BCUT2D eigenvalue weighted by Gasteiger charge is -2.01. The Morgan fingerprint density at radius 1 is 1.50 bits per heavy atom. The number of allylic oxidation sites excluding steroid dienone is 4. The highest BCUT2D eigenvalue weighted by atomic mass is 14.2. The summed E-state index contributed by atoms with van der Waals surface area (Å²) in [6, 6.07) is 2.00. The van der Waals surface area contributed by atoms with Crippen molar-refractivity contribution >= 4 is 0 Å². The predicted molar refractivity (Wildman–Crippen MR) is 52.6 cm³/mol. The molecule has 0 fully saturated rings. The van der Waals surface area contributed by atoms with Crippen molar-refractivity contribution in [2.45, 2.75) is 33.6 Å². The summed E-state index contributed by atoms with van der Waals surface area (Å²) in [7, 11) is 0. The molecular weight excluding hydrogens is 146 g/mol. The number of hydrogen-bond acceptors (Lipinski definition) is 1. The van der Waals surface area contributed by atoms with Gasteiger partial charge in [-0.25, -0.2) is 0 Å². The largest absolute Gasteiger partial charge is 0.193 e. The van der Waals surface area contributed by atoms with Crippen molar-refractivity contribution < 1.29 is 0 Å². The van der Waals surface area contributed by atoms with Crippen molar-refractivity contribution in [3.8, 4) is 6.07 Å². The van der Waals surface area contributed by atoms with E-state index >= 15 is 0 Å². The molecule has 1 unspecified atom stereocenters. The summed E-state index contributed by atoms with van der Waals surface area (Å²) < 4.78 is 0. The van der Waals surface area contributed by atoms with E-state index in [0.29, 0.717) is 5.92 Å². The Labute approximate surface area is 75.4 Å². The van der Waals surface area contributed by atoms with E-state index in [1.807, 2.05) is 12.1 Å². The Bertz CT molecular complexity index is 202. The van der Waals surface area contributed by atoms with Gasteiger partial charge < -0.3 is 0 Å². The van der Waals surface area contributed by atoms with Gasteiger partial charge in [-0.3, -0.25) is 0 Å². The van der Waals surface area contributed by atoms with Crippen molar-refractivity contribution in [2.75, 3.05) is 0 Å². The third-order valence-corrected chi connectivity index (χ3v) is 1.67. The molecule has 0 rings (SSSR count). The lowest BCUT2D eigenvalue weighted by Crippen LogP contribution is -1.87. The van der Waals surface area contributed by atoms with Crippen LogP contribution >= 0.6 is 0 Å². The molecule has 0 amide bonds. The second-order valence-corrected chi connectivity index (χ2v) is 3.32. The van der Waals surface area contributed by atoms with E-state index < -0.39 is 0 Å². The summed E-state index contributed by atoms with van der Waals surface area (Å²) in [5, 5.41) is 8.28. The van der Waals surface area contributed by atoms with Gasteiger partial charge in [0, 0.05) is 6.08 Å². The number of hydrogen-bond donors (Lipinski definition) is 0. The minimum atomic E-state index is 0.514. The first kappa shape index (κ1) is 11.0. The predicted octanol–water partition coefficient (Wildman–Crippen LogP) is 3.45. The highest BCUT2D eigenvalue weighted by Crippen LogP contribution is 2.08. The van der Waals surface area contributed by atoms with Crippen LogP contribution in [-0.4, -0.2) is 0 Å². The van der Waals surface area contributed by atoms with Crippen LogP contribution in [0.1, 0.15) is 33.6 Å². The Balaban J connectivity index is 3.59. The fourth-order valence-corrected chi connectivity index (χ4v) is 0.938. The summed E-state index contributed by atoms with van der Waals surface area (Å²) in [5.74, 6) is 0.514. The molecule has 0 aliphatic carbocycles. The Morgan fingerprint density at radius 3 is 2.67 bits per heavy atom. The second-order valence-electron chi connectivity index (χ2n) is 3.32. The van der Waals surface area contributed by atoms with Crippen LogP contribution in [0.15, 0.2) is 23.8 Å². The fraction of sp³-hybridized carbons (Fsp3) is 0.545. The molecule has 0 saturated heterocycles. The summed E-state index contributed by atoms with van der Waals surface area (Å²) >= 11 is 0. The van der Waals surface area contributed by atoms with Gasteiger partial charge in [-0.2, -0.15) is 5.26 Å². The van der Waals surface area contributed by atoms with Gasteiger partial charge in [-0.15, -0.1) is 0 Å². The molecule has 0 bridgehead atoms. The van der Waals surface area contributed by atoms with Gasteiger partial charge in [0.1, 0.15) is 0 Å². The van der Waals surface area contributed by atoms with Crippen LogP contribution in [0.5, 0.6) is 0 Å². The van der Waals surface area contributed by atoms with Crippen LogP contribution < -0.4 is 0 Å². The maximum absolute atomic E-state index is 8.28. The van der Waals surface area contributed by atoms with Crippen LogP contribution in [-0.2, 0) is 0 Å². The molecular formula is C11H17N. The molecule has 0 aliphatic rings. The van der Waals surface area contributed by atoms with Gasteiger partial charge >= 0.3 is 0 Å². The van der Waals surface area contributed by atoms with Crippen molar-refractivity contribution in [3.63, 3.8) is 0 Å². The van der Waals surface area contributed by atoms with E-state index in [2.05, 4.69) is 26.8 Å². The molecule has 66 valence electrons. The van der Waals surface area contributed by atoms with Gasteiger partial charge in [0.25, 0.3) is 0 Å². The monoisotopic (exact) mass is 163 g/mol. The van der Waals surface area contributed by atoms with Crippen molar-refractivity contribution in [1.29, 1.82) is 5.26 Å². The first-order valence-corrected chi connectivity index (χ1v) is 4.36. The Morgan fingerprint density at radius 2 is 2.17 bits per heavy atom. The smallest absolute Gasteiger partial charge is 0.0908 e. The first-order chi connectivity index (χ1) is 5.66. The van der Waals surface area contributed by atoms with Gasteiger partial charge in [-0.05, 0) is 32.6 Å². The zero-order chi connectivity index (χ0) is 9.40. The Kier molecular flexibility index (Phi) is 6.09. The third-order valence-electron chi connectivity index (χ3n) is 1.67. The van der Waals surface area contributed by atoms with E-state index in [4.69, 9.17) is 5.26 Å². The molecule has 1 atom stereocenters. The van der Waals surface area contributed by atoms with Gasteiger partial charge in [0.2, 0.25) is 0 Å². The maximum Gasteiger partial charge on any atom is 0.0908 e. The topological polar surface area (TPSA) is 23.8 Å². The maximum atomic E-state index is 8.28. The molecule has 0 aliphatic heterocycles. The zero-order valence-electron chi connectivity index (χ0n) is 8.17. The third kappa shape index (κ3) is 7.08. The second kappa shape index (κ2) is 6.67. The van der Waals surface area contributed by atoms with Crippen molar-refractivity contribution in [1.82, 2.24) is 0 Å².